The molecule has 0 amide bonds. The van der Waals surface area contributed by atoms with Crippen molar-refractivity contribution in [1.29, 1.82) is 0 Å². The van der Waals surface area contributed by atoms with E-state index in [4.69, 9.17) is 0 Å². The maximum Gasteiger partial charge on any atom is 0.147 e. The van der Waals surface area contributed by atoms with Gasteiger partial charge in [-0.15, -0.1) is 11.8 Å². The smallest absolute Gasteiger partial charge is 0.147 e. The average Bonchev–Trinajstić information content (AvgIpc) is 3.07. The van der Waals surface area contributed by atoms with Gasteiger partial charge in [-0.05, 0) is 48.9 Å². The van der Waals surface area contributed by atoms with Crippen LogP contribution in [0.25, 0.3) is 0 Å². The Bertz CT molecular complexity index is 679. The lowest BCUT2D eigenvalue weighted by Crippen LogP contribution is -2.18. The van der Waals surface area contributed by atoms with Crippen molar-refractivity contribution < 1.29 is 4.39 Å². The highest BCUT2D eigenvalue weighted by atomic mass is 32.2. The van der Waals surface area contributed by atoms with Crippen LogP contribution in [-0.2, 0) is 0 Å². The van der Waals surface area contributed by atoms with Crippen LogP contribution in [0.5, 0.6) is 0 Å². The summed E-state index contributed by atoms with van der Waals surface area (Å²) < 4.78 is 14.3. The fourth-order valence-electron chi connectivity index (χ4n) is 2.70. The number of thioether (sulfide) groups is 1. The van der Waals surface area contributed by atoms with Crippen LogP contribution in [0.15, 0.2) is 52.4 Å². The Kier molecular flexibility index (Phi) is 4.78. The average molecular weight is 314 g/mol. The first kappa shape index (κ1) is 15.1. The van der Waals surface area contributed by atoms with Gasteiger partial charge in [-0.2, -0.15) is 0 Å². The van der Waals surface area contributed by atoms with Crippen molar-refractivity contribution in [3.8, 4) is 0 Å². The fraction of sp³-hybridized carbons (Fsp3) is 0.278. The minimum absolute atomic E-state index is 0.163. The van der Waals surface area contributed by atoms with Crippen molar-refractivity contribution in [1.82, 2.24) is 0 Å². The van der Waals surface area contributed by atoms with E-state index in [0.29, 0.717) is 5.69 Å². The fourth-order valence-corrected chi connectivity index (χ4v) is 3.24. The van der Waals surface area contributed by atoms with E-state index in [-0.39, 0.29) is 5.82 Å². The Morgan fingerprint density at radius 2 is 1.91 bits per heavy atom. The Balaban J connectivity index is 1.80. The Morgan fingerprint density at radius 3 is 2.64 bits per heavy atom. The zero-order chi connectivity index (χ0) is 15.4. The second-order valence-electron chi connectivity index (χ2n) is 5.34. The van der Waals surface area contributed by atoms with Crippen molar-refractivity contribution in [2.75, 3.05) is 24.2 Å². The highest BCUT2D eigenvalue weighted by Crippen LogP contribution is 2.28. The summed E-state index contributed by atoms with van der Waals surface area (Å²) in [6.07, 6.45) is 6.05. The standard InChI is InChI=1S/C18H19FN2S/c1-22-18-7-3-2-6-16(18)20-13-14-8-9-17(15(19)12-14)21-10-4-5-11-21/h2-3,6-9,12-13H,4-5,10-11H2,1H3. The minimum Gasteiger partial charge on any atom is -0.369 e. The molecule has 0 saturated carbocycles. The van der Waals surface area contributed by atoms with Crippen molar-refractivity contribution in [3.05, 3.63) is 53.8 Å². The molecule has 0 unspecified atom stereocenters. The maximum atomic E-state index is 14.3. The van der Waals surface area contributed by atoms with Crippen molar-refractivity contribution in [3.63, 3.8) is 0 Å². The molecular formula is C18H19FN2S. The monoisotopic (exact) mass is 314 g/mol. The lowest BCUT2D eigenvalue weighted by Gasteiger charge is -2.18. The van der Waals surface area contributed by atoms with Crippen LogP contribution < -0.4 is 4.90 Å². The van der Waals surface area contributed by atoms with E-state index in [2.05, 4.69) is 9.89 Å². The van der Waals surface area contributed by atoms with Gasteiger partial charge in [0.2, 0.25) is 0 Å². The number of aliphatic imine (C=N–C) groups is 1. The summed E-state index contributed by atoms with van der Waals surface area (Å²) in [7, 11) is 0. The summed E-state index contributed by atoms with van der Waals surface area (Å²) in [6, 6.07) is 13.3. The number of halogens is 1. The first-order chi connectivity index (χ1) is 10.8. The number of para-hydroxylation sites is 1. The second-order valence-corrected chi connectivity index (χ2v) is 6.18. The third-order valence-corrected chi connectivity index (χ3v) is 4.64. The van der Waals surface area contributed by atoms with Gasteiger partial charge >= 0.3 is 0 Å². The molecule has 0 spiro atoms. The summed E-state index contributed by atoms with van der Waals surface area (Å²) in [5.74, 6) is -0.163. The molecule has 0 radical (unpaired) electrons. The Morgan fingerprint density at radius 1 is 1.14 bits per heavy atom. The normalized spacial score (nSPS) is 14.9. The summed E-state index contributed by atoms with van der Waals surface area (Å²) in [6.45, 7) is 1.90. The van der Waals surface area contributed by atoms with Crippen molar-refractivity contribution in [2.24, 2.45) is 4.99 Å². The van der Waals surface area contributed by atoms with Gasteiger partial charge in [0, 0.05) is 24.2 Å². The maximum absolute atomic E-state index is 14.3. The largest absolute Gasteiger partial charge is 0.369 e. The molecule has 1 fully saturated rings. The van der Waals surface area contributed by atoms with Crippen LogP contribution in [0.2, 0.25) is 0 Å². The van der Waals surface area contributed by atoms with Gasteiger partial charge in [-0.3, -0.25) is 4.99 Å². The number of benzene rings is 2. The highest BCUT2D eigenvalue weighted by Gasteiger charge is 2.15. The van der Waals surface area contributed by atoms with Crippen LogP contribution >= 0.6 is 11.8 Å². The summed E-state index contributed by atoms with van der Waals surface area (Å²) in [4.78, 5) is 7.72. The van der Waals surface area contributed by atoms with Gasteiger partial charge in [0.15, 0.2) is 0 Å². The van der Waals surface area contributed by atoms with Crippen molar-refractivity contribution >= 4 is 29.4 Å². The first-order valence-electron chi connectivity index (χ1n) is 7.49. The molecule has 0 aromatic heterocycles. The van der Waals surface area contributed by atoms with Crippen LogP contribution in [0.4, 0.5) is 15.8 Å². The van der Waals surface area contributed by atoms with E-state index in [1.807, 2.05) is 42.7 Å². The molecule has 22 heavy (non-hydrogen) atoms. The van der Waals surface area contributed by atoms with E-state index in [1.54, 1.807) is 24.0 Å². The molecule has 0 N–H and O–H groups in total. The van der Waals surface area contributed by atoms with Crippen molar-refractivity contribution in [2.45, 2.75) is 17.7 Å². The van der Waals surface area contributed by atoms with E-state index >= 15 is 0 Å². The third-order valence-electron chi connectivity index (χ3n) is 3.86. The van der Waals surface area contributed by atoms with Crippen LogP contribution in [0.3, 0.4) is 0 Å². The molecule has 0 bridgehead atoms. The number of rotatable bonds is 4. The molecule has 1 heterocycles. The van der Waals surface area contributed by atoms with Gasteiger partial charge in [0.1, 0.15) is 5.82 Å². The molecule has 1 saturated heterocycles. The highest BCUT2D eigenvalue weighted by molar-refractivity contribution is 7.98. The summed E-state index contributed by atoms with van der Waals surface area (Å²) in [5, 5.41) is 0. The first-order valence-corrected chi connectivity index (χ1v) is 8.72. The molecule has 2 nitrogen and oxygen atoms in total. The van der Waals surface area contributed by atoms with Crippen LogP contribution in [0, 0.1) is 5.82 Å². The Hall–Kier alpha value is -1.81. The number of hydrogen-bond acceptors (Lipinski definition) is 3. The molecule has 0 atom stereocenters. The van der Waals surface area contributed by atoms with Gasteiger partial charge in [-0.1, -0.05) is 18.2 Å². The molecule has 1 aliphatic rings. The quantitative estimate of drug-likeness (QED) is 0.589. The van der Waals surface area contributed by atoms with Crippen LogP contribution in [0.1, 0.15) is 18.4 Å². The molecular weight excluding hydrogens is 295 g/mol. The lowest BCUT2D eigenvalue weighted by molar-refractivity contribution is 0.623. The van der Waals surface area contributed by atoms with Gasteiger partial charge in [-0.25, -0.2) is 4.39 Å². The predicted octanol–water partition coefficient (Wildman–Crippen LogP) is 4.90. The molecule has 4 heteroatoms. The number of hydrogen-bond donors (Lipinski definition) is 0. The number of anilines is 1. The Labute approximate surface area is 135 Å². The molecule has 114 valence electrons. The molecule has 0 aliphatic carbocycles. The minimum atomic E-state index is -0.163. The zero-order valence-electron chi connectivity index (χ0n) is 12.6. The van der Waals surface area contributed by atoms with Gasteiger partial charge in [0.25, 0.3) is 0 Å². The SMILES string of the molecule is CSc1ccccc1N=Cc1ccc(N2CCCC2)c(F)c1. The lowest BCUT2D eigenvalue weighted by atomic mass is 10.2. The zero-order valence-corrected chi connectivity index (χ0v) is 13.4. The predicted molar refractivity (Wildman–Crippen MR) is 93.3 cm³/mol. The summed E-state index contributed by atoms with van der Waals surface area (Å²) >= 11 is 1.66. The molecule has 2 aromatic rings. The van der Waals surface area contributed by atoms with E-state index in [1.165, 1.54) is 0 Å². The molecule has 3 rings (SSSR count). The van der Waals surface area contributed by atoms with Crippen LogP contribution in [-0.4, -0.2) is 25.6 Å². The second kappa shape index (κ2) is 6.97. The van der Waals surface area contributed by atoms with E-state index < -0.39 is 0 Å². The molecule has 1 aliphatic heterocycles. The van der Waals surface area contributed by atoms with E-state index in [9.17, 15) is 4.39 Å². The molecule has 2 aromatic carbocycles. The van der Waals surface area contributed by atoms with E-state index in [0.717, 1.165) is 42.1 Å². The van der Waals surface area contributed by atoms with Gasteiger partial charge < -0.3 is 4.90 Å². The topological polar surface area (TPSA) is 15.6 Å². The third kappa shape index (κ3) is 3.33. The summed E-state index contributed by atoms with van der Waals surface area (Å²) in [5.41, 5.74) is 2.41. The van der Waals surface area contributed by atoms with Gasteiger partial charge in [0.05, 0.1) is 11.4 Å². The number of nitrogens with zero attached hydrogens (tertiary/aromatic N) is 2.